The third kappa shape index (κ3) is 2.70. The molecular formula is C11H15ClN2O. The van der Waals surface area contributed by atoms with Gasteiger partial charge in [-0.05, 0) is 24.0 Å². The van der Waals surface area contributed by atoms with Crippen molar-refractivity contribution in [2.75, 3.05) is 6.54 Å². The largest absolute Gasteiger partial charge is 0.369 e. The van der Waals surface area contributed by atoms with Crippen LogP contribution in [0.3, 0.4) is 0 Å². The number of carbonyl (C=O) groups is 1. The molecule has 1 amide bonds. The predicted molar refractivity (Wildman–Crippen MR) is 61.9 cm³/mol. The van der Waals surface area contributed by atoms with E-state index in [1.807, 2.05) is 6.07 Å². The lowest BCUT2D eigenvalue weighted by Crippen LogP contribution is -2.30. The van der Waals surface area contributed by atoms with E-state index in [9.17, 15) is 4.79 Å². The Hall–Kier alpha value is -1.06. The number of amides is 1. The summed E-state index contributed by atoms with van der Waals surface area (Å²) < 4.78 is 0. The van der Waals surface area contributed by atoms with Crippen molar-refractivity contribution in [3.05, 3.63) is 35.4 Å². The Balaban J connectivity index is 0.00000112. The van der Waals surface area contributed by atoms with Gasteiger partial charge in [-0.2, -0.15) is 0 Å². The lowest BCUT2D eigenvalue weighted by atomic mass is 10.1. The van der Waals surface area contributed by atoms with Crippen LogP contribution in [0.2, 0.25) is 0 Å². The van der Waals surface area contributed by atoms with E-state index < -0.39 is 0 Å². The average Bonchev–Trinajstić information content (AvgIpc) is 2.58. The van der Waals surface area contributed by atoms with E-state index in [2.05, 4.69) is 23.5 Å². The van der Waals surface area contributed by atoms with Gasteiger partial charge in [0.05, 0.1) is 6.54 Å². The van der Waals surface area contributed by atoms with E-state index in [0.29, 0.717) is 6.04 Å². The Kier molecular flexibility index (Phi) is 4.12. The summed E-state index contributed by atoms with van der Waals surface area (Å²) >= 11 is 0. The molecule has 1 aromatic rings. The van der Waals surface area contributed by atoms with Crippen molar-refractivity contribution < 1.29 is 4.79 Å². The van der Waals surface area contributed by atoms with E-state index in [4.69, 9.17) is 5.73 Å². The second-order valence-corrected chi connectivity index (χ2v) is 3.64. The number of carbonyl (C=O) groups excluding carboxylic acids is 1. The van der Waals surface area contributed by atoms with Gasteiger partial charge < -0.3 is 11.1 Å². The molecule has 1 aliphatic rings. The van der Waals surface area contributed by atoms with Crippen molar-refractivity contribution in [2.24, 2.45) is 5.73 Å². The summed E-state index contributed by atoms with van der Waals surface area (Å²) in [5.74, 6) is -0.297. The number of benzene rings is 1. The van der Waals surface area contributed by atoms with Gasteiger partial charge in [0.15, 0.2) is 0 Å². The van der Waals surface area contributed by atoms with Gasteiger partial charge in [-0.1, -0.05) is 24.3 Å². The van der Waals surface area contributed by atoms with Gasteiger partial charge in [0, 0.05) is 6.04 Å². The molecule has 0 radical (unpaired) electrons. The summed E-state index contributed by atoms with van der Waals surface area (Å²) in [6, 6.07) is 8.64. The maximum atomic E-state index is 10.6. The first-order valence-electron chi connectivity index (χ1n) is 4.87. The zero-order chi connectivity index (χ0) is 9.97. The smallest absolute Gasteiger partial charge is 0.231 e. The summed E-state index contributed by atoms with van der Waals surface area (Å²) in [6.07, 6.45) is 2.15. The third-order valence-corrected chi connectivity index (χ3v) is 2.66. The van der Waals surface area contributed by atoms with Crippen LogP contribution in [0.4, 0.5) is 0 Å². The average molecular weight is 227 g/mol. The quantitative estimate of drug-likeness (QED) is 0.813. The summed E-state index contributed by atoms with van der Waals surface area (Å²) in [6.45, 7) is 0.263. The molecule has 1 aliphatic carbocycles. The molecule has 0 aliphatic heterocycles. The predicted octanol–water partition coefficient (Wildman–Crippen LogP) is 1.17. The van der Waals surface area contributed by atoms with Gasteiger partial charge in [0.25, 0.3) is 0 Å². The number of halogens is 1. The van der Waals surface area contributed by atoms with Gasteiger partial charge in [0.2, 0.25) is 5.91 Å². The highest BCUT2D eigenvalue weighted by Crippen LogP contribution is 2.30. The molecule has 2 rings (SSSR count). The maximum absolute atomic E-state index is 10.6. The summed E-state index contributed by atoms with van der Waals surface area (Å²) in [5, 5.41) is 3.16. The molecule has 0 fully saturated rings. The standard InChI is InChI=1S/C11H14N2O.ClH/c12-11(14)7-13-10-6-5-8-3-1-2-4-9(8)10;/h1-4,10,13H,5-7H2,(H2,12,14);1H. The molecule has 0 heterocycles. The summed E-state index contributed by atoms with van der Waals surface area (Å²) in [7, 11) is 0. The number of fused-ring (bicyclic) bond motifs is 1. The molecule has 0 spiro atoms. The minimum absolute atomic E-state index is 0. The van der Waals surface area contributed by atoms with Crippen LogP contribution in [-0.4, -0.2) is 12.5 Å². The highest BCUT2D eigenvalue weighted by Gasteiger charge is 2.21. The van der Waals surface area contributed by atoms with Crippen LogP contribution in [0.1, 0.15) is 23.6 Å². The van der Waals surface area contributed by atoms with E-state index >= 15 is 0 Å². The van der Waals surface area contributed by atoms with Gasteiger partial charge in [-0.3, -0.25) is 4.79 Å². The number of hydrogen-bond acceptors (Lipinski definition) is 2. The molecule has 15 heavy (non-hydrogen) atoms. The Labute approximate surface area is 95.5 Å². The maximum Gasteiger partial charge on any atom is 0.231 e. The Bertz CT molecular complexity index is 354. The highest BCUT2D eigenvalue weighted by atomic mass is 35.5. The molecule has 82 valence electrons. The summed E-state index contributed by atoms with van der Waals surface area (Å²) in [4.78, 5) is 10.6. The van der Waals surface area contributed by atoms with Gasteiger partial charge >= 0.3 is 0 Å². The van der Waals surface area contributed by atoms with E-state index in [-0.39, 0.29) is 24.9 Å². The second-order valence-electron chi connectivity index (χ2n) is 3.64. The number of primary amides is 1. The second kappa shape index (κ2) is 5.14. The molecule has 0 aromatic heterocycles. The fourth-order valence-electron chi connectivity index (χ4n) is 1.99. The van der Waals surface area contributed by atoms with Gasteiger partial charge in [-0.15, -0.1) is 12.4 Å². The normalized spacial score (nSPS) is 18.0. The van der Waals surface area contributed by atoms with Crippen LogP contribution >= 0.6 is 12.4 Å². The summed E-state index contributed by atoms with van der Waals surface area (Å²) in [5.41, 5.74) is 7.79. The molecule has 3 N–H and O–H groups in total. The van der Waals surface area contributed by atoms with Crippen molar-refractivity contribution in [2.45, 2.75) is 18.9 Å². The first-order chi connectivity index (χ1) is 6.77. The molecule has 1 unspecified atom stereocenters. The number of rotatable bonds is 3. The monoisotopic (exact) mass is 226 g/mol. The lowest BCUT2D eigenvalue weighted by molar-refractivity contribution is -0.117. The number of nitrogens with two attached hydrogens (primary N) is 1. The van der Waals surface area contributed by atoms with Crippen LogP contribution in [-0.2, 0) is 11.2 Å². The molecule has 3 nitrogen and oxygen atoms in total. The topological polar surface area (TPSA) is 55.1 Å². The zero-order valence-corrected chi connectivity index (χ0v) is 9.22. The molecule has 1 atom stereocenters. The minimum atomic E-state index is -0.297. The fourth-order valence-corrected chi connectivity index (χ4v) is 1.99. The van der Waals surface area contributed by atoms with Crippen molar-refractivity contribution in [3.8, 4) is 0 Å². The third-order valence-electron chi connectivity index (χ3n) is 2.66. The van der Waals surface area contributed by atoms with E-state index in [1.54, 1.807) is 0 Å². The zero-order valence-electron chi connectivity index (χ0n) is 8.40. The molecule has 0 bridgehead atoms. The van der Waals surface area contributed by atoms with Crippen molar-refractivity contribution in [1.82, 2.24) is 5.32 Å². The Morgan fingerprint density at radius 3 is 2.93 bits per heavy atom. The van der Waals surface area contributed by atoms with Crippen LogP contribution < -0.4 is 11.1 Å². The van der Waals surface area contributed by atoms with Crippen LogP contribution in [0.5, 0.6) is 0 Å². The SMILES string of the molecule is Cl.NC(=O)CNC1CCc2ccccc21. The fraction of sp³-hybridized carbons (Fsp3) is 0.364. The van der Waals surface area contributed by atoms with Crippen LogP contribution in [0.15, 0.2) is 24.3 Å². The van der Waals surface area contributed by atoms with Crippen molar-refractivity contribution in [3.63, 3.8) is 0 Å². The number of aryl methyl sites for hydroxylation is 1. The van der Waals surface area contributed by atoms with Crippen molar-refractivity contribution in [1.29, 1.82) is 0 Å². The molecular weight excluding hydrogens is 212 g/mol. The van der Waals surface area contributed by atoms with E-state index in [0.717, 1.165) is 12.8 Å². The van der Waals surface area contributed by atoms with Gasteiger partial charge in [0.1, 0.15) is 0 Å². The van der Waals surface area contributed by atoms with Crippen LogP contribution in [0, 0.1) is 0 Å². The van der Waals surface area contributed by atoms with Crippen LogP contribution in [0.25, 0.3) is 0 Å². The van der Waals surface area contributed by atoms with E-state index in [1.165, 1.54) is 11.1 Å². The lowest BCUT2D eigenvalue weighted by Gasteiger charge is -2.11. The highest BCUT2D eigenvalue weighted by molar-refractivity contribution is 5.85. The molecule has 0 saturated carbocycles. The molecule has 1 aromatic carbocycles. The Morgan fingerprint density at radius 1 is 1.47 bits per heavy atom. The van der Waals surface area contributed by atoms with Crippen molar-refractivity contribution >= 4 is 18.3 Å². The van der Waals surface area contributed by atoms with Gasteiger partial charge in [-0.25, -0.2) is 0 Å². The molecule has 0 saturated heterocycles. The Morgan fingerprint density at radius 2 is 2.20 bits per heavy atom. The first-order valence-corrected chi connectivity index (χ1v) is 4.87. The first kappa shape index (κ1) is 12.0. The minimum Gasteiger partial charge on any atom is -0.369 e. The number of hydrogen-bond donors (Lipinski definition) is 2. The molecule has 4 heteroatoms. The number of nitrogens with one attached hydrogen (secondary N) is 1.